The Morgan fingerprint density at radius 1 is 0.771 bits per heavy atom. The quantitative estimate of drug-likeness (QED) is 0.141. The average molecular weight is 641 g/mol. The minimum atomic E-state index is 0.0398. The predicted molar refractivity (Wildman–Crippen MR) is 195 cm³/mol. The molecular formula is C42H32N4OS. The summed E-state index contributed by atoms with van der Waals surface area (Å²) < 4.78 is 6.28. The van der Waals surface area contributed by atoms with Gasteiger partial charge in [0.2, 0.25) is 0 Å². The van der Waals surface area contributed by atoms with Gasteiger partial charge in [-0.25, -0.2) is 10.1 Å². The molecular weight excluding hydrogens is 609 g/mol. The molecule has 0 aromatic heterocycles. The number of fused-ring (bicyclic) bond motifs is 2. The van der Waals surface area contributed by atoms with E-state index in [1.54, 1.807) is 23.9 Å². The minimum absolute atomic E-state index is 0.0398. The SMILES string of the molecule is [C-]#[N+]C(C#N)=C1C=C(C=Cc2ccc(N3c4ccccc4Sc4ccccc43)cc2)OC(C=Cc2cc3c4c(c2)CCCN4CCC3)=C1. The van der Waals surface area contributed by atoms with E-state index in [-0.39, 0.29) is 5.70 Å². The molecule has 5 nitrogen and oxygen atoms in total. The summed E-state index contributed by atoms with van der Waals surface area (Å²) in [5, 5.41) is 9.65. The Hall–Kier alpha value is -5.69. The van der Waals surface area contributed by atoms with Gasteiger partial charge < -0.3 is 14.5 Å². The van der Waals surface area contributed by atoms with E-state index < -0.39 is 0 Å². The number of nitriles is 1. The Kier molecular flexibility index (Phi) is 7.94. The van der Waals surface area contributed by atoms with Crippen LogP contribution in [-0.4, -0.2) is 13.1 Å². The molecule has 8 rings (SSSR count). The third kappa shape index (κ3) is 5.72. The lowest BCUT2D eigenvalue weighted by Crippen LogP contribution is -2.34. The standard InChI is InChI=1S/C42H32N4OS/c1-44-37(28-43)33-26-35(47-36(27-33)21-17-30-24-31-8-6-22-45-23-7-9-32(25-30)42(31)45)20-16-29-14-18-34(19-15-29)46-38-10-2-4-12-40(38)48-41-13-5-3-11-39(41)46/h2-5,10-21,24-27H,6-9,22-23H2. The van der Waals surface area contributed by atoms with E-state index in [9.17, 15) is 5.26 Å². The van der Waals surface area contributed by atoms with Gasteiger partial charge in [0.15, 0.2) is 0 Å². The van der Waals surface area contributed by atoms with Gasteiger partial charge in [0.1, 0.15) is 11.5 Å². The molecule has 48 heavy (non-hydrogen) atoms. The molecule has 0 bridgehead atoms. The summed E-state index contributed by atoms with van der Waals surface area (Å²) in [5.41, 5.74) is 10.5. The van der Waals surface area contributed by atoms with Crippen LogP contribution in [0.1, 0.15) is 35.1 Å². The highest BCUT2D eigenvalue weighted by molar-refractivity contribution is 7.99. The van der Waals surface area contributed by atoms with Crippen molar-refractivity contribution in [2.45, 2.75) is 35.5 Å². The zero-order valence-corrected chi connectivity index (χ0v) is 27.2. The maximum absolute atomic E-state index is 9.65. The zero-order valence-electron chi connectivity index (χ0n) is 26.4. The van der Waals surface area contributed by atoms with Gasteiger partial charge in [0.25, 0.3) is 5.70 Å². The van der Waals surface area contributed by atoms with E-state index >= 15 is 0 Å². The molecule has 0 amide bonds. The zero-order chi connectivity index (χ0) is 32.5. The number of allylic oxidation sites excluding steroid dienone is 6. The van der Waals surface area contributed by atoms with E-state index in [1.807, 2.05) is 24.3 Å². The molecule has 0 radical (unpaired) electrons. The lowest BCUT2D eigenvalue weighted by Gasteiger charge is -2.37. The number of para-hydroxylation sites is 2. The van der Waals surface area contributed by atoms with Gasteiger partial charge in [0, 0.05) is 34.3 Å². The van der Waals surface area contributed by atoms with Crippen LogP contribution in [0.4, 0.5) is 22.7 Å². The highest BCUT2D eigenvalue weighted by atomic mass is 32.2. The number of anilines is 4. The maximum Gasteiger partial charge on any atom is 0.269 e. The topological polar surface area (TPSA) is 43.9 Å². The van der Waals surface area contributed by atoms with Crippen LogP contribution in [0.3, 0.4) is 0 Å². The summed E-state index contributed by atoms with van der Waals surface area (Å²) in [5.74, 6) is 1.16. The smallest absolute Gasteiger partial charge is 0.269 e. The van der Waals surface area contributed by atoms with Crippen LogP contribution in [0.25, 0.3) is 17.0 Å². The van der Waals surface area contributed by atoms with Gasteiger partial charge in [-0.3, -0.25) is 0 Å². The van der Waals surface area contributed by atoms with Gasteiger partial charge in [-0.15, -0.1) is 0 Å². The monoisotopic (exact) mass is 640 g/mol. The van der Waals surface area contributed by atoms with Gasteiger partial charge in [-0.2, -0.15) is 0 Å². The van der Waals surface area contributed by atoms with Crippen molar-refractivity contribution in [2.24, 2.45) is 0 Å². The second-order valence-corrected chi connectivity index (χ2v) is 13.3. The Balaban J connectivity index is 1.05. The number of nitrogens with zero attached hydrogens (tertiary/aromatic N) is 4. The van der Waals surface area contributed by atoms with Crippen molar-refractivity contribution < 1.29 is 4.74 Å². The van der Waals surface area contributed by atoms with Crippen LogP contribution in [0.15, 0.2) is 142 Å². The molecule has 0 atom stereocenters. The van der Waals surface area contributed by atoms with E-state index in [4.69, 9.17) is 11.3 Å². The number of aryl methyl sites for hydroxylation is 2. The molecule has 4 aliphatic heterocycles. The number of rotatable bonds is 5. The predicted octanol–water partition coefficient (Wildman–Crippen LogP) is 10.5. The summed E-state index contributed by atoms with van der Waals surface area (Å²) in [7, 11) is 0. The second kappa shape index (κ2) is 12.8. The molecule has 0 N–H and O–H groups in total. The van der Waals surface area contributed by atoms with Crippen molar-refractivity contribution in [1.29, 1.82) is 5.26 Å². The maximum atomic E-state index is 9.65. The van der Waals surface area contributed by atoms with Crippen molar-refractivity contribution in [3.63, 3.8) is 0 Å². The molecule has 4 aliphatic rings. The molecule has 6 heteroatoms. The number of hydrogen-bond acceptors (Lipinski definition) is 5. The molecule has 4 heterocycles. The van der Waals surface area contributed by atoms with Crippen molar-refractivity contribution in [3.05, 3.63) is 166 Å². The van der Waals surface area contributed by atoms with Crippen LogP contribution >= 0.6 is 11.8 Å². The largest absolute Gasteiger partial charge is 0.457 e. The first-order chi connectivity index (χ1) is 23.7. The summed E-state index contributed by atoms with van der Waals surface area (Å²) in [6.07, 6.45) is 16.1. The van der Waals surface area contributed by atoms with Gasteiger partial charge in [0.05, 0.1) is 24.0 Å². The molecule has 0 saturated carbocycles. The van der Waals surface area contributed by atoms with E-state index in [0.29, 0.717) is 17.1 Å². The molecule has 0 spiro atoms. The van der Waals surface area contributed by atoms with Crippen molar-refractivity contribution in [1.82, 2.24) is 0 Å². The molecule has 4 aromatic rings. The lowest BCUT2D eigenvalue weighted by molar-refractivity contribution is 0.332. The number of benzene rings is 4. The summed E-state index contributed by atoms with van der Waals surface area (Å²) >= 11 is 1.80. The Bertz CT molecular complexity index is 2080. The third-order valence-corrected chi connectivity index (χ3v) is 10.3. The molecule has 0 unspecified atom stereocenters. The molecule has 0 saturated heterocycles. The fourth-order valence-corrected chi connectivity index (χ4v) is 8.06. The first kappa shape index (κ1) is 29.7. The minimum Gasteiger partial charge on any atom is -0.457 e. The number of ether oxygens (including phenoxy) is 1. The van der Waals surface area contributed by atoms with Crippen LogP contribution < -0.4 is 9.80 Å². The normalized spacial score (nSPS) is 17.4. The Labute approximate surface area is 285 Å². The summed E-state index contributed by atoms with van der Waals surface area (Å²) in [4.78, 5) is 10.8. The third-order valence-electron chi connectivity index (χ3n) is 9.14. The van der Waals surface area contributed by atoms with Gasteiger partial charge in [-0.1, -0.05) is 60.3 Å². The van der Waals surface area contributed by atoms with Crippen LogP contribution in [-0.2, 0) is 17.6 Å². The van der Waals surface area contributed by atoms with Crippen LogP contribution in [0, 0.1) is 17.9 Å². The summed E-state index contributed by atoms with van der Waals surface area (Å²) in [6.45, 7) is 9.86. The first-order valence-electron chi connectivity index (χ1n) is 16.3. The van der Waals surface area contributed by atoms with Crippen molar-refractivity contribution in [2.75, 3.05) is 22.9 Å². The lowest BCUT2D eigenvalue weighted by atomic mass is 9.90. The Morgan fingerprint density at radius 3 is 1.94 bits per heavy atom. The second-order valence-electron chi connectivity index (χ2n) is 12.2. The fourth-order valence-electron chi connectivity index (χ4n) is 7.00. The van der Waals surface area contributed by atoms with E-state index in [2.05, 4.69) is 106 Å². The van der Waals surface area contributed by atoms with Gasteiger partial charge >= 0.3 is 0 Å². The highest BCUT2D eigenvalue weighted by Gasteiger charge is 2.25. The fraction of sp³-hybridized carbons (Fsp3) is 0.143. The van der Waals surface area contributed by atoms with E-state index in [1.165, 1.54) is 50.8 Å². The van der Waals surface area contributed by atoms with Crippen molar-refractivity contribution >= 4 is 46.7 Å². The average Bonchev–Trinajstić information content (AvgIpc) is 3.13. The van der Waals surface area contributed by atoms with E-state index in [0.717, 1.165) is 42.7 Å². The highest BCUT2D eigenvalue weighted by Crippen LogP contribution is 2.51. The van der Waals surface area contributed by atoms with Crippen LogP contribution in [0.5, 0.6) is 0 Å². The first-order valence-corrected chi connectivity index (χ1v) is 17.1. The summed E-state index contributed by atoms with van der Waals surface area (Å²) in [6, 6.07) is 32.1. The van der Waals surface area contributed by atoms with Crippen molar-refractivity contribution in [3.8, 4) is 6.07 Å². The molecule has 0 aliphatic carbocycles. The van der Waals surface area contributed by atoms with Crippen LogP contribution in [0.2, 0.25) is 0 Å². The van der Waals surface area contributed by atoms with Gasteiger partial charge in [-0.05, 0) is 126 Å². The Morgan fingerprint density at radius 2 is 1.35 bits per heavy atom. The number of hydrogen-bond donors (Lipinski definition) is 0. The molecule has 4 aromatic carbocycles. The molecule has 0 fully saturated rings. The molecule has 232 valence electrons.